The second-order valence-electron chi connectivity index (χ2n) is 5.25. The summed E-state index contributed by atoms with van der Waals surface area (Å²) >= 11 is 6.05. The van der Waals surface area contributed by atoms with Gasteiger partial charge < -0.3 is 15.3 Å². The Balaban J connectivity index is 2.36. The molecular formula is C18H18ClFN2O2. The Hall–Kier alpha value is -2.53. The first kappa shape index (κ1) is 17.8. The van der Waals surface area contributed by atoms with Gasteiger partial charge in [0.2, 0.25) is 0 Å². The average molecular weight is 349 g/mol. The lowest BCUT2D eigenvalue weighted by molar-refractivity contribution is -0.134. The van der Waals surface area contributed by atoms with Gasteiger partial charge in [-0.25, -0.2) is 9.18 Å². The zero-order valence-electron chi connectivity index (χ0n) is 13.4. The Labute approximate surface area is 145 Å². The summed E-state index contributed by atoms with van der Waals surface area (Å²) in [6.45, 7) is 7.32. The highest BCUT2D eigenvalue weighted by Crippen LogP contribution is 2.25. The topological polar surface area (TPSA) is 52.6 Å². The predicted octanol–water partition coefficient (Wildman–Crippen LogP) is 4.09. The molecule has 0 unspecified atom stereocenters. The Kier molecular flexibility index (Phi) is 5.46. The van der Waals surface area contributed by atoms with Crippen LogP contribution in [0, 0.1) is 12.7 Å². The molecule has 1 heterocycles. The van der Waals surface area contributed by atoms with E-state index in [2.05, 4.69) is 11.9 Å². The lowest BCUT2D eigenvalue weighted by atomic mass is 10.1. The highest BCUT2D eigenvalue weighted by atomic mass is 35.5. The van der Waals surface area contributed by atoms with E-state index in [-0.39, 0.29) is 17.3 Å². The van der Waals surface area contributed by atoms with Crippen LogP contribution in [0.15, 0.2) is 60.2 Å². The summed E-state index contributed by atoms with van der Waals surface area (Å²) in [6, 6.07) is 3.22. The van der Waals surface area contributed by atoms with Crippen molar-refractivity contribution in [2.45, 2.75) is 20.4 Å². The quantitative estimate of drug-likeness (QED) is 0.841. The smallest absolute Gasteiger partial charge is 0.355 e. The number of nitrogens with zero attached hydrogens (tertiary/aromatic N) is 1. The number of carboxylic acids is 1. The van der Waals surface area contributed by atoms with Crippen molar-refractivity contribution in [3.63, 3.8) is 0 Å². The van der Waals surface area contributed by atoms with E-state index in [1.165, 1.54) is 4.90 Å². The van der Waals surface area contributed by atoms with Crippen LogP contribution >= 0.6 is 11.6 Å². The Morgan fingerprint density at radius 3 is 2.79 bits per heavy atom. The van der Waals surface area contributed by atoms with Crippen molar-refractivity contribution in [1.29, 1.82) is 0 Å². The van der Waals surface area contributed by atoms with Crippen LogP contribution < -0.4 is 5.32 Å². The molecule has 0 atom stereocenters. The van der Waals surface area contributed by atoms with Crippen molar-refractivity contribution < 1.29 is 14.3 Å². The number of hydrogen-bond donors (Lipinski definition) is 2. The van der Waals surface area contributed by atoms with Crippen molar-refractivity contribution in [1.82, 2.24) is 10.2 Å². The first-order valence-corrected chi connectivity index (χ1v) is 7.68. The Bertz CT molecular complexity index is 781. The van der Waals surface area contributed by atoms with Gasteiger partial charge in [0.25, 0.3) is 0 Å². The van der Waals surface area contributed by atoms with Gasteiger partial charge in [0.15, 0.2) is 5.70 Å². The van der Waals surface area contributed by atoms with E-state index in [1.54, 1.807) is 50.4 Å². The van der Waals surface area contributed by atoms with E-state index >= 15 is 0 Å². The zero-order chi connectivity index (χ0) is 17.9. The molecule has 1 aromatic rings. The standard InChI is InChI=1S/C18H18ClFN2O2/c1-4-9-22-12(3)6-8-15(17(22)18(23)24)21-10-13-14(19)7-5-11(2)16(13)20/h4-9,21H,3,10H2,1-2H3,(H,23,24)/b9-4-. The van der Waals surface area contributed by atoms with Gasteiger partial charge in [0.05, 0.1) is 5.70 Å². The lowest BCUT2D eigenvalue weighted by Gasteiger charge is -2.27. The minimum Gasteiger partial charge on any atom is -0.476 e. The number of hydrogen-bond acceptors (Lipinski definition) is 3. The van der Waals surface area contributed by atoms with E-state index in [1.807, 2.05) is 0 Å². The van der Waals surface area contributed by atoms with Gasteiger partial charge in [-0.3, -0.25) is 0 Å². The molecule has 0 amide bonds. The Morgan fingerprint density at radius 1 is 1.46 bits per heavy atom. The summed E-state index contributed by atoms with van der Waals surface area (Å²) < 4.78 is 14.2. The number of allylic oxidation sites excluding steroid dienone is 3. The third kappa shape index (κ3) is 3.51. The summed E-state index contributed by atoms with van der Waals surface area (Å²) in [6.07, 6.45) is 6.61. The number of aryl methyl sites for hydroxylation is 1. The second kappa shape index (κ2) is 7.36. The van der Waals surface area contributed by atoms with Gasteiger partial charge in [0, 0.05) is 29.0 Å². The van der Waals surface area contributed by atoms with Crippen molar-refractivity contribution in [3.8, 4) is 0 Å². The summed E-state index contributed by atoms with van der Waals surface area (Å²) in [5.74, 6) is -1.51. The van der Waals surface area contributed by atoms with E-state index in [9.17, 15) is 14.3 Å². The maximum atomic E-state index is 14.2. The van der Waals surface area contributed by atoms with Gasteiger partial charge in [-0.15, -0.1) is 0 Å². The van der Waals surface area contributed by atoms with Crippen LogP contribution in [-0.4, -0.2) is 16.0 Å². The molecule has 0 aliphatic carbocycles. The fourth-order valence-electron chi connectivity index (χ4n) is 2.35. The fraction of sp³-hybridized carbons (Fsp3) is 0.167. The third-order valence-corrected chi connectivity index (χ3v) is 3.94. The summed E-state index contributed by atoms with van der Waals surface area (Å²) in [5, 5.41) is 12.8. The SMILES string of the molecule is C=C1C=CC(NCc2c(Cl)ccc(C)c2F)=C(C(=O)O)N1/C=C\C. The minimum absolute atomic E-state index is 0.0183. The van der Waals surface area contributed by atoms with Crippen LogP contribution in [0.3, 0.4) is 0 Å². The molecule has 1 aliphatic heterocycles. The van der Waals surface area contributed by atoms with Crippen molar-refractivity contribution in [2.75, 3.05) is 0 Å². The molecule has 0 spiro atoms. The molecule has 4 nitrogen and oxygen atoms in total. The maximum Gasteiger partial charge on any atom is 0.355 e. The van der Waals surface area contributed by atoms with E-state index in [0.29, 0.717) is 22.5 Å². The summed E-state index contributed by atoms with van der Waals surface area (Å²) in [4.78, 5) is 13.1. The monoisotopic (exact) mass is 348 g/mol. The zero-order valence-corrected chi connectivity index (χ0v) is 14.2. The highest BCUT2D eigenvalue weighted by Gasteiger charge is 2.24. The van der Waals surface area contributed by atoms with Gasteiger partial charge >= 0.3 is 5.97 Å². The highest BCUT2D eigenvalue weighted by molar-refractivity contribution is 6.31. The molecule has 126 valence electrons. The van der Waals surface area contributed by atoms with Crippen molar-refractivity contribution in [3.05, 3.63) is 82.2 Å². The van der Waals surface area contributed by atoms with Crippen LogP contribution in [0.4, 0.5) is 4.39 Å². The first-order chi connectivity index (χ1) is 11.4. The Morgan fingerprint density at radius 2 is 2.17 bits per heavy atom. The van der Waals surface area contributed by atoms with Crippen LogP contribution in [0.5, 0.6) is 0 Å². The van der Waals surface area contributed by atoms with Crippen LogP contribution in [-0.2, 0) is 11.3 Å². The molecule has 2 N–H and O–H groups in total. The maximum absolute atomic E-state index is 14.2. The number of nitrogens with one attached hydrogen (secondary N) is 1. The van der Waals surface area contributed by atoms with E-state index < -0.39 is 11.8 Å². The summed E-state index contributed by atoms with van der Waals surface area (Å²) in [5.41, 5.74) is 1.67. The molecule has 0 fully saturated rings. The molecular weight excluding hydrogens is 331 g/mol. The van der Waals surface area contributed by atoms with E-state index in [4.69, 9.17) is 11.6 Å². The fourth-order valence-corrected chi connectivity index (χ4v) is 2.57. The van der Waals surface area contributed by atoms with Gasteiger partial charge in [0.1, 0.15) is 5.82 Å². The molecule has 6 heteroatoms. The van der Waals surface area contributed by atoms with Crippen molar-refractivity contribution in [2.24, 2.45) is 0 Å². The largest absolute Gasteiger partial charge is 0.476 e. The van der Waals surface area contributed by atoms with Crippen molar-refractivity contribution >= 4 is 17.6 Å². The minimum atomic E-state index is -1.11. The molecule has 0 saturated heterocycles. The number of benzene rings is 1. The molecule has 0 bridgehead atoms. The number of carbonyl (C=O) groups is 1. The molecule has 1 aliphatic rings. The van der Waals surface area contributed by atoms with Crippen LogP contribution in [0.2, 0.25) is 5.02 Å². The average Bonchev–Trinajstić information content (AvgIpc) is 2.53. The van der Waals surface area contributed by atoms with Gasteiger partial charge in [-0.05, 0) is 37.6 Å². The molecule has 1 aromatic carbocycles. The molecule has 0 saturated carbocycles. The first-order valence-electron chi connectivity index (χ1n) is 7.30. The number of rotatable bonds is 5. The number of halogens is 2. The molecule has 0 aromatic heterocycles. The van der Waals surface area contributed by atoms with Gasteiger partial charge in [-0.2, -0.15) is 0 Å². The van der Waals surface area contributed by atoms with Gasteiger partial charge in [-0.1, -0.05) is 30.3 Å². The van der Waals surface area contributed by atoms with Crippen LogP contribution in [0.1, 0.15) is 18.1 Å². The lowest BCUT2D eigenvalue weighted by Crippen LogP contribution is -2.29. The predicted molar refractivity (Wildman–Crippen MR) is 92.6 cm³/mol. The molecule has 24 heavy (non-hydrogen) atoms. The number of aliphatic carboxylic acids is 1. The molecule has 2 rings (SSSR count). The normalized spacial score (nSPS) is 14.7. The van der Waals surface area contributed by atoms with Crippen LogP contribution in [0.25, 0.3) is 0 Å². The second-order valence-corrected chi connectivity index (χ2v) is 5.66. The summed E-state index contributed by atoms with van der Waals surface area (Å²) in [7, 11) is 0. The third-order valence-electron chi connectivity index (χ3n) is 3.58. The number of carboxylic acid groups (broad SMARTS) is 1. The molecule has 0 radical (unpaired) electrons. The van der Waals surface area contributed by atoms with E-state index in [0.717, 1.165) is 0 Å².